The lowest BCUT2D eigenvalue weighted by molar-refractivity contribution is -0.125. The molecule has 0 spiro atoms. The van der Waals surface area contributed by atoms with Crippen LogP contribution in [0.3, 0.4) is 0 Å². The lowest BCUT2D eigenvalue weighted by Crippen LogP contribution is -2.46. The van der Waals surface area contributed by atoms with Crippen LogP contribution in [-0.2, 0) is 21.5 Å². The van der Waals surface area contributed by atoms with Crippen molar-refractivity contribution in [3.05, 3.63) is 65.5 Å². The highest BCUT2D eigenvalue weighted by atomic mass is 16.5. The number of rotatable bonds is 6. The summed E-state index contributed by atoms with van der Waals surface area (Å²) in [6.45, 7) is 8.85. The molecule has 0 radical (unpaired) electrons. The van der Waals surface area contributed by atoms with Crippen LogP contribution < -0.4 is 5.32 Å². The molecule has 1 amide bonds. The van der Waals surface area contributed by atoms with Crippen LogP contribution in [0.4, 0.5) is 0 Å². The Hall–Kier alpha value is -2.66. The van der Waals surface area contributed by atoms with Crippen LogP contribution >= 0.6 is 0 Å². The van der Waals surface area contributed by atoms with Gasteiger partial charge < -0.3 is 14.6 Å². The predicted molar refractivity (Wildman–Crippen MR) is 120 cm³/mol. The third-order valence-electron chi connectivity index (χ3n) is 6.43. The molecule has 2 aromatic carbocycles. The predicted octanol–water partition coefficient (Wildman–Crippen LogP) is 4.15. The van der Waals surface area contributed by atoms with E-state index in [2.05, 4.69) is 52.1 Å². The Morgan fingerprint density at radius 2 is 1.93 bits per heavy atom. The Morgan fingerprint density at radius 1 is 1.17 bits per heavy atom. The minimum Gasteiger partial charge on any atom is -0.381 e. The monoisotopic (exact) mass is 405 g/mol. The number of aryl methyl sites for hydroxylation is 2. The SMILES string of the molecule is Cc1cccc(C2(CNC(=O)[C@H](C)Cn3c(C)nc4ccccc43)CCOCC2)c1. The van der Waals surface area contributed by atoms with Crippen molar-refractivity contribution < 1.29 is 9.53 Å². The second-order valence-corrected chi connectivity index (χ2v) is 8.64. The first kappa shape index (κ1) is 20.6. The number of carbonyl (C=O) groups excluding carboxylic acids is 1. The Morgan fingerprint density at radius 3 is 2.70 bits per heavy atom. The third kappa shape index (κ3) is 4.12. The standard InChI is InChI=1S/C25H31N3O2/c1-18-7-6-8-21(15-18)25(11-13-30-14-12-25)17-26-24(29)19(2)16-28-20(3)27-22-9-4-5-10-23(22)28/h4-10,15,19H,11-14,16-17H2,1-3H3,(H,26,29)/t19-/m1/s1. The highest BCUT2D eigenvalue weighted by Crippen LogP contribution is 2.34. The summed E-state index contributed by atoms with van der Waals surface area (Å²) in [5, 5.41) is 3.26. The average molecular weight is 406 g/mol. The molecule has 0 saturated carbocycles. The molecule has 1 aromatic heterocycles. The van der Waals surface area contributed by atoms with E-state index in [0.717, 1.165) is 42.9 Å². The van der Waals surface area contributed by atoms with E-state index < -0.39 is 0 Å². The molecule has 1 N–H and O–H groups in total. The number of benzene rings is 2. The minimum absolute atomic E-state index is 0.0583. The van der Waals surface area contributed by atoms with E-state index in [1.165, 1.54) is 11.1 Å². The molecule has 5 heteroatoms. The van der Waals surface area contributed by atoms with Crippen LogP contribution in [0.25, 0.3) is 11.0 Å². The Kier molecular flexibility index (Phi) is 5.91. The number of hydrogen-bond acceptors (Lipinski definition) is 3. The molecule has 1 aliphatic rings. The minimum atomic E-state index is -0.143. The molecule has 1 atom stereocenters. The van der Waals surface area contributed by atoms with E-state index >= 15 is 0 Å². The summed E-state index contributed by atoms with van der Waals surface area (Å²) in [4.78, 5) is 17.6. The summed E-state index contributed by atoms with van der Waals surface area (Å²) in [5.41, 5.74) is 4.55. The van der Waals surface area contributed by atoms with E-state index in [1.807, 2.05) is 32.0 Å². The molecule has 1 saturated heterocycles. The second kappa shape index (κ2) is 8.60. The zero-order valence-electron chi connectivity index (χ0n) is 18.1. The summed E-state index contributed by atoms with van der Waals surface area (Å²) in [6.07, 6.45) is 1.85. The molecule has 0 unspecified atom stereocenters. The fourth-order valence-electron chi connectivity index (χ4n) is 4.52. The maximum absolute atomic E-state index is 13.0. The first-order valence-electron chi connectivity index (χ1n) is 10.8. The van der Waals surface area contributed by atoms with Gasteiger partial charge in [-0.3, -0.25) is 4.79 Å². The van der Waals surface area contributed by atoms with Crippen LogP contribution in [0.2, 0.25) is 0 Å². The Balaban J connectivity index is 1.47. The Labute approximate surface area is 178 Å². The average Bonchev–Trinajstić information content (AvgIpc) is 3.07. The van der Waals surface area contributed by atoms with Crippen molar-refractivity contribution in [3.63, 3.8) is 0 Å². The van der Waals surface area contributed by atoms with Gasteiger partial charge in [0.15, 0.2) is 0 Å². The summed E-state index contributed by atoms with van der Waals surface area (Å²) >= 11 is 0. The topological polar surface area (TPSA) is 56.2 Å². The van der Waals surface area contributed by atoms with Gasteiger partial charge in [0, 0.05) is 31.7 Å². The normalized spacial score (nSPS) is 17.0. The maximum atomic E-state index is 13.0. The molecule has 0 bridgehead atoms. The molecule has 4 rings (SSSR count). The zero-order chi connectivity index (χ0) is 21.1. The molecule has 0 aliphatic carbocycles. The number of nitrogens with zero attached hydrogens (tertiary/aromatic N) is 2. The van der Waals surface area contributed by atoms with Crippen LogP contribution in [0.15, 0.2) is 48.5 Å². The van der Waals surface area contributed by atoms with Crippen molar-refractivity contribution in [2.24, 2.45) is 5.92 Å². The van der Waals surface area contributed by atoms with Gasteiger partial charge >= 0.3 is 0 Å². The summed E-state index contributed by atoms with van der Waals surface area (Å²) in [5.74, 6) is 0.887. The van der Waals surface area contributed by atoms with Gasteiger partial charge in [0.1, 0.15) is 5.82 Å². The number of hydrogen-bond donors (Lipinski definition) is 1. The van der Waals surface area contributed by atoms with E-state index in [9.17, 15) is 4.79 Å². The summed E-state index contributed by atoms with van der Waals surface area (Å²) in [6, 6.07) is 16.8. The van der Waals surface area contributed by atoms with Gasteiger partial charge in [0.2, 0.25) is 5.91 Å². The van der Waals surface area contributed by atoms with E-state index in [-0.39, 0.29) is 17.2 Å². The van der Waals surface area contributed by atoms with Crippen molar-refractivity contribution in [1.82, 2.24) is 14.9 Å². The summed E-state index contributed by atoms with van der Waals surface area (Å²) in [7, 11) is 0. The number of ether oxygens (including phenoxy) is 1. The molecule has 3 aromatic rings. The number of fused-ring (bicyclic) bond motifs is 1. The summed E-state index contributed by atoms with van der Waals surface area (Å²) < 4.78 is 7.78. The first-order valence-corrected chi connectivity index (χ1v) is 10.8. The molecule has 5 nitrogen and oxygen atoms in total. The lowest BCUT2D eigenvalue weighted by Gasteiger charge is -2.38. The van der Waals surface area contributed by atoms with Crippen molar-refractivity contribution >= 4 is 16.9 Å². The maximum Gasteiger partial charge on any atom is 0.224 e. The zero-order valence-corrected chi connectivity index (χ0v) is 18.1. The molecule has 30 heavy (non-hydrogen) atoms. The Bertz CT molecular complexity index is 1030. The number of imidazole rings is 1. The van der Waals surface area contributed by atoms with Gasteiger partial charge in [-0.1, -0.05) is 48.9 Å². The lowest BCUT2D eigenvalue weighted by atomic mass is 9.73. The molecule has 1 fully saturated rings. The fraction of sp³-hybridized carbons (Fsp3) is 0.440. The van der Waals surface area contributed by atoms with E-state index in [1.54, 1.807) is 0 Å². The molecule has 1 aliphatic heterocycles. The fourth-order valence-corrected chi connectivity index (χ4v) is 4.52. The van der Waals surface area contributed by atoms with Gasteiger partial charge in [-0.25, -0.2) is 4.98 Å². The van der Waals surface area contributed by atoms with Crippen molar-refractivity contribution in [3.8, 4) is 0 Å². The molecule has 158 valence electrons. The van der Waals surface area contributed by atoms with Crippen LogP contribution in [0, 0.1) is 19.8 Å². The number of nitrogens with one attached hydrogen (secondary N) is 1. The van der Waals surface area contributed by atoms with E-state index in [0.29, 0.717) is 13.1 Å². The van der Waals surface area contributed by atoms with Gasteiger partial charge in [-0.15, -0.1) is 0 Å². The number of aromatic nitrogens is 2. The van der Waals surface area contributed by atoms with Crippen molar-refractivity contribution in [2.75, 3.05) is 19.8 Å². The molecular formula is C25H31N3O2. The van der Waals surface area contributed by atoms with Crippen LogP contribution in [-0.4, -0.2) is 35.2 Å². The first-order chi connectivity index (χ1) is 14.5. The largest absolute Gasteiger partial charge is 0.381 e. The molecule has 2 heterocycles. The van der Waals surface area contributed by atoms with Crippen LogP contribution in [0.1, 0.15) is 36.7 Å². The third-order valence-corrected chi connectivity index (χ3v) is 6.43. The van der Waals surface area contributed by atoms with Crippen LogP contribution in [0.5, 0.6) is 0 Å². The second-order valence-electron chi connectivity index (χ2n) is 8.64. The van der Waals surface area contributed by atoms with Gasteiger partial charge in [0.25, 0.3) is 0 Å². The highest BCUT2D eigenvalue weighted by Gasteiger charge is 2.35. The smallest absolute Gasteiger partial charge is 0.224 e. The van der Waals surface area contributed by atoms with E-state index in [4.69, 9.17) is 4.74 Å². The van der Waals surface area contributed by atoms with Crippen molar-refractivity contribution in [2.45, 2.75) is 45.6 Å². The number of para-hydroxylation sites is 2. The number of carbonyl (C=O) groups is 1. The van der Waals surface area contributed by atoms with Gasteiger partial charge in [-0.05, 0) is 44.4 Å². The van der Waals surface area contributed by atoms with Gasteiger partial charge in [-0.2, -0.15) is 0 Å². The molecular weight excluding hydrogens is 374 g/mol. The number of amides is 1. The quantitative estimate of drug-likeness (QED) is 0.670. The van der Waals surface area contributed by atoms with Crippen molar-refractivity contribution in [1.29, 1.82) is 0 Å². The highest BCUT2D eigenvalue weighted by molar-refractivity contribution is 5.79. The van der Waals surface area contributed by atoms with Gasteiger partial charge in [0.05, 0.1) is 17.0 Å².